The topological polar surface area (TPSA) is 29.5 Å². The second kappa shape index (κ2) is 15.8. The van der Waals surface area contributed by atoms with Crippen LogP contribution in [-0.4, -0.2) is 37.1 Å². The lowest BCUT2D eigenvalue weighted by Crippen LogP contribution is -2.32. The molecule has 0 aromatic rings. The van der Waals surface area contributed by atoms with E-state index < -0.39 is 0 Å². The van der Waals surface area contributed by atoms with Gasteiger partial charge in [-0.15, -0.1) is 0 Å². The molecular weight excluding hydrogens is 262 g/mol. The highest BCUT2D eigenvalue weighted by atomic mass is 16.5. The van der Waals surface area contributed by atoms with E-state index in [2.05, 4.69) is 25.7 Å². The Kier molecular flexibility index (Phi) is 15.4. The molecule has 0 aliphatic carbocycles. The van der Waals surface area contributed by atoms with Gasteiger partial charge in [0.15, 0.2) is 0 Å². The van der Waals surface area contributed by atoms with Crippen molar-refractivity contribution >= 4 is 5.97 Å². The molecule has 0 aliphatic heterocycles. The predicted octanol–water partition coefficient (Wildman–Crippen LogP) is 4.79. The maximum atomic E-state index is 11.7. The molecule has 0 radical (unpaired) electrons. The Morgan fingerprint density at radius 3 is 1.81 bits per heavy atom. The van der Waals surface area contributed by atoms with Crippen molar-refractivity contribution in [2.45, 2.75) is 85.0 Å². The van der Waals surface area contributed by atoms with E-state index >= 15 is 0 Å². The zero-order valence-electron chi connectivity index (χ0n) is 14.7. The highest BCUT2D eigenvalue weighted by Crippen LogP contribution is 2.08. The fourth-order valence-electron chi connectivity index (χ4n) is 2.55. The van der Waals surface area contributed by atoms with Crippen LogP contribution in [0.3, 0.4) is 0 Å². The van der Waals surface area contributed by atoms with Gasteiger partial charge in [0.2, 0.25) is 0 Å². The third-order valence-corrected chi connectivity index (χ3v) is 3.69. The predicted molar refractivity (Wildman–Crippen MR) is 90.6 cm³/mol. The first-order valence-electron chi connectivity index (χ1n) is 9.12. The van der Waals surface area contributed by atoms with Gasteiger partial charge in [-0.25, -0.2) is 0 Å². The summed E-state index contributed by atoms with van der Waals surface area (Å²) in [6, 6.07) is 0. The Morgan fingerprint density at radius 2 is 1.29 bits per heavy atom. The molecule has 126 valence electrons. The minimum Gasteiger partial charge on any atom is -0.465 e. The van der Waals surface area contributed by atoms with E-state index in [0.717, 1.165) is 32.4 Å². The van der Waals surface area contributed by atoms with Gasteiger partial charge in [0, 0.05) is 0 Å². The first kappa shape index (κ1) is 20.4. The SMILES string of the molecule is CCCCCCCCCCOC(=O)CN(CCC)CCC. The number of rotatable bonds is 15. The summed E-state index contributed by atoms with van der Waals surface area (Å²) in [5, 5.41) is 0. The zero-order chi connectivity index (χ0) is 15.8. The van der Waals surface area contributed by atoms with Crippen molar-refractivity contribution in [1.29, 1.82) is 0 Å². The Morgan fingerprint density at radius 1 is 0.762 bits per heavy atom. The molecule has 3 nitrogen and oxygen atoms in total. The Bertz CT molecular complexity index is 225. The van der Waals surface area contributed by atoms with Gasteiger partial charge in [0.25, 0.3) is 0 Å². The van der Waals surface area contributed by atoms with Crippen LogP contribution in [0.5, 0.6) is 0 Å². The van der Waals surface area contributed by atoms with E-state index in [-0.39, 0.29) is 5.97 Å². The van der Waals surface area contributed by atoms with Crippen molar-refractivity contribution in [3.05, 3.63) is 0 Å². The number of esters is 1. The summed E-state index contributed by atoms with van der Waals surface area (Å²) in [6.07, 6.45) is 12.4. The van der Waals surface area contributed by atoms with Crippen molar-refractivity contribution in [1.82, 2.24) is 4.90 Å². The number of nitrogens with zero attached hydrogens (tertiary/aromatic N) is 1. The number of ether oxygens (including phenoxy) is 1. The van der Waals surface area contributed by atoms with E-state index in [1.807, 2.05) is 0 Å². The number of hydrogen-bond donors (Lipinski definition) is 0. The van der Waals surface area contributed by atoms with Crippen LogP contribution >= 0.6 is 0 Å². The van der Waals surface area contributed by atoms with E-state index in [9.17, 15) is 4.79 Å². The van der Waals surface area contributed by atoms with Crippen LogP contribution in [0.2, 0.25) is 0 Å². The van der Waals surface area contributed by atoms with Crippen molar-refractivity contribution < 1.29 is 9.53 Å². The number of hydrogen-bond acceptors (Lipinski definition) is 3. The zero-order valence-corrected chi connectivity index (χ0v) is 14.7. The van der Waals surface area contributed by atoms with E-state index in [1.54, 1.807) is 0 Å². The number of carbonyl (C=O) groups excluding carboxylic acids is 1. The van der Waals surface area contributed by atoms with Gasteiger partial charge in [0.1, 0.15) is 0 Å². The normalized spacial score (nSPS) is 11.0. The summed E-state index contributed by atoms with van der Waals surface area (Å²) in [7, 11) is 0. The minimum absolute atomic E-state index is 0.0557. The van der Waals surface area contributed by atoms with Crippen molar-refractivity contribution in [2.75, 3.05) is 26.2 Å². The highest BCUT2D eigenvalue weighted by Gasteiger charge is 2.09. The highest BCUT2D eigenvalue weighted by molar-refractivity contribution is 5.71. The van der Waals surface area contributed by atoms with Gasteiger partial charge in [0.05, 0.1) is 13.2 Å². The average Bonchev–Trinajstić information content (AvgIpc) is 2.46. The standard InChI is InChI=1S/C18H37NO2/c1-4-7-8-9-10-11-12-13-16-21-18(20)17-19(14-5-2)15-6-3/h4-17H2,1-3H3. The lowest BCUT2D eigenvalue weighted by Gasteiger charge is -2.19. The van der Waals surface area contributed by atoms with Crippen LogP contribution in [0.15, 0.2) is 0 Å². The molecule has 0 atom stereocenters. The van der Waals surface area contributed by atoms with Crippen molar-refractivity contribution in [3.8, 4) is 0 Å². The average molecular weight is 299 g/mol. The second-order valence-corrected chi connectivity index (χ2v) is 5.97. The minimum atomic E-state index is -0.0557. The van der Waals surface area contributed by atoms with Gasteiger partial charge in [-0.05, 0) is 32.4 Å². The van der Waals surface area contributed by atoms with E-state index in [0.29, 0.717) is 13.2 Å². The summed E-state index contributed by atoms with van der Waals surface area (Å²) in [5.41, 5.74) is 0. The van der Waals surface area contributed by atoms with Crippen LogP contribution in [-0.2, 0) is 9.53 Å². The monoisotopic (exact) mass is 299 g/mol. The molecule has 0 N–H and O–H groups in total. The van der Waals surface area contributed by atoms with Gasteiger partial charge in [-0.2, -0.15) is 0 Å². The molecule has 0 spiro atoms. The van der Waals surface area contributed by atoms with E-state index in [1.165, 1.54) is 44.9 Å². The molecule has 0 aromatic heterocycles. The second-order valence-electron chi connectivity index (χ2n) is 5.97. The molecule has 0 rings (SSSR count). The molecule has 0 bridgehead atoms. The first-order chi connectivity index (χ1) is 10.2. The van der Waals surface area contributed by atoms with Gasteiger partial charge in [-0.1, -0.05) is 65.7 Å². The fourth-order valence-corrected chi connectivity index (χ4v) is 2.55. The van der Waals surface area contributed by atoms with Crippen LogP contribution in [0.25, 0.3) is 0 Å². The molecule has 3 heteroatoms. The molecule has 0 saturated carbocycles. The number of unbranched alkanes of at least 4 members (excludes halogenated alkanes) is 7. The summed E-state index contributed by atoms with van der Waals surface area (Å²) in [5.74, 6) is -0.0557. The molecule has 0 amide bonds. The third-order valence-electron chi connectivity index (χ3n) is 3.69. The van der Waals surface area contributed by atoms with Gasteiger partial charge in [-0.3, -0.25) is 9.69 Å². The maximum Gasteiger partial charge on any atom is 0.320 e. The lowest BCUT2D eigenvalue weighted by molar-refractivity contribution is -0.145. The smallest absolute Gasteiger partial charge is 0.320 e. The summed E-state index contributed by atoms with van der Waals surface area (Å²) in [6.45, 7) is 9.57. The van der Waals surface area contributed by atoms with Crippen LogP contribution in [0.4, 0.5) is 0 Å². The summed E-state index contributed by atoms with van der Waals surface area (Å²) < 4.78 is 5.33. The quantitative estimate of drug-likeness (QED) is 0.321. The van der Waals surface area contributed by atoms with Crippen molar-refractivity contribution in [3.63, 3.8) is 0 Å². The summed E-state index contributed by atoms with van der Waals surface area (Å²) >= 11 is 0. The molecule has 0 aliphatic rings. The van der Waals surface area contributed by atoms with Crippen molar-refractivity contribution in [2.24, 2.45) is 0 Å². The molecule has 0 fully saturated rings. The van der Waals surface area contributed by atoms with E-state index in [4.69, 9.17) is 4.74 Å². The largest absolute Gasteiger partial charge is 0.465 e. The molecule has 0 unspecified atom stereocenters. The molecule has 21 heavy (non-hydrogen) atoms. The Labute approximate surface area is 132 Å². The third kappa shape index (κ3) is 14.1. The van der Waals surface area contributed by atoms with Crippen LogP contribution < -0.4 is 0 Å². The Hall–Kier alpha value is -0.570. The van der Waals surface area contributed by atoms with Crippen LogP contribution in [0.1, 0.15) is 85.0 Å². The van der Waals surface area contributed by atoms with Gasteiger partial charge < -0.3 is 4.74 Å². The molecule has 0 aromatic carbocycles. The lowest BCUT2D eigenvalue weighted by atomic mass is 10.1. The maximum absolute atomic E-state index is 11.7. The summed E-state index contributed by atoms with van der Waals surface area (Å²) in [4.78, 5) is 13.9. The number of carbonyl (C=O) groups is 1. The molecule has 0 heterocycles. The molecule has 0 saturated heterocycles. The Balaban J connectivity index is 3.43. The van der Waals surface area contributed by atoms with Gasteiger partial charge >= 0.3 is 5.97 Å². The first-order valence-corrected chi connectivity index (χ1v) is 9.12. The fraction of sp³-hybridized carbons (Fsp3) is 0.944. The molecular formula is C18H37NO2. The van der Waals surface area contributed by atoms with Crippen LogP contribution in [0, 0.1) is 0 Å².